The van der Waals surface area contributed by atoms with Gasteiger partial charge in [0.2, 0.25) is 0 Å². The van der Waals surface area contributed by atoms with E-state index in [-0.39, 0.29) is 0 Å². The summed E-state index contributed by atoms with van der Waals surface area (Å²) in [6.45, 7) is 2.18. The first-order valence-electron chi connectivity index (χ1n) is 11.4. The molecule has 29 heavy (non-hydrogen) atoms. The van der Waals surface area contributed by atoms with Gasteiger partial charge in [-0.2, -0.15) is 0 Å². The number of hydrogen-bond donors (Lipinski definition) is 1. The van der Waals surface area contributed by atoms with E-state index >= 15 is 0 Å². The Morgan fingerprint density at radius 1 is 0.966 bits per heavy atom. The molecule has 1 aromatic rings. The minimum absolute atomic E-state index is 0.466. The van der Waals surface area contributed by atoms with Crippen LogP contribution >= 0.6 is 17.0 Å². The van der Waals surface area contributed by atoms with Crippen molar-refractivity contribution in [2.75, 3.05) is 0 Å². The fourth-order valence-electron chi connectivity index (χ4n) is 7.04. The molecule has 1 N–H and O–H groups in total. The first kappa shape index (κ1) is 22.4. The van der Waals surface area contributed by atoms with E-state index in [1.807, 2.05) is 6.21 Å². The molecule has 5 aliphatic rings. The van der Waals surface area contributed by atoms with Crippen molar-refractivity contribution in [2.45, 2.75) is 83.1 Å². The number of aryl methyl sites for hydroxylation is 1. The second kappa shape index (κ2) is 10.2. The van der Waals surface area contributed by atoms with Crippen molar-refractivity contribution in [3.63, 3.8) is 0 Å². The summed E-state index contributed by atoms with van der Waals surface area (Å²) in [5.41, 5.74) is 3.47. The predicted octanol–water partition coefficient (Wildman–Crippen LogP) is 7.37. The average molecular weight is 514 g/mol. The number of rotatable bonds is 3. The topological polar surface area (TPSA) is 32.6 Å². The van der Waals surface area contributed by atoms with Crippen LogP contribution in [0.2, 0.25) is 0 Å². The van der Waals surface area contributed by atoms with E-state index in [0.717, 1.165) is 29.2 Å². The molecule has 6 rings (SSSR count). The molecule has 0 amide bonds. The van der Waals surface area contributed by atoms with Gasteiger partial charge in [-0.05, 0) is 98.7 Å². The number of aromatic hydroxyl groups is 1. The van der Waals surface area contributed by atoms with Gasteiger partial charge >= 0.3 is 37.9 Å². The zero-order valence-electron chi connectivity index (χ0n) is 17.4. The van der Waals surface area contributed by atoms with Crippen molar-refractivity contribution in [1.29, 1.82) is 0 Å². The second-order valence-electron chi connectivity index (χ2n) is 9.89. The standard InChI is InChI=1S/C24H33NO.2ClH.Zr/c1-15-7-20(14-25-21-5-3-2-4-6-21)24(26)22(8-15)23-18-10-16-9-17(12-18)13-19(23)11-16;;;/h7-8,14,16-19,21,23,26H,2-6,9-13H2,1H3;2*1H;/q;;;+2/p-2. The Hall–Kier alpha value is 0.153. The second-order valence-corrected chi connectivity index (χ2v) is 13.6. The maximum atomic E-state index is 11.1. The summed E-state index contributed by atoms with van der Waals surface area (Å²) < 4.78 is 0. The van der Waals surface area contributed by atoms with Crippen LogP contribution in [0, 0.1) is 30.6 Å². The molecule has 5 saturated carbocycles. The fraction of sp³-hybridized carbons (Fsp3) is 0.708. The number of phenolic OH excluding ortho intramolecular Hbond substituents is 1. The molecule has 0 atom stereocenters. The van der Waals surface area contributed by atoms with Crippen LogP contribution in [0.3, 0.4) is 0 Å². The number of phenols is 1. The van der Waals surface area contributed by atoms with E-state index in [1.54, 1.807) is 0 Å². The zero-order chi connectivity index (χ0) is 20.4. The number of nitrogens with zero attached hydrogens (tertiary/aromatic N) is 1. The molecule has 0 spiro atoms. The molecule has 5 aliphatic carbocycles. The molecule has 0 aromatic heterocycles. The van der Waals surface area contributed by atoms with E-state index in [0.29, 0.717) is 17.7 Å². The molecule has 5 heteroatoms. The van der Waals surface area contributed by atoms with Gasteiger partial charge in [0.25, 0.3) is 0 Å². The molecule has 2 nitrogen and oxygen atoms in total. The molecule has 158 valence electrons. The van der Waals surface area contributed by atoms with Crippen LogP contribution in [-0.4, -0.2) is 17.4 Å². The fourth-order valence-corrected chi connectivity index (χ4v) is 7.04. The van der Waals surface area contributed by atoms with Crippen molar-refractivity contribution in [3.05, 3.63) is 28.8 Å². The van der Waals surface area contributed by atoms with E-state index < -0.39 is 20.8 Å². The molecule has 0 unspecified atom stereocenters. The molecular weight excluding hydrogens is 480 g/mol. The first-order valence-corrected chi connectivity index (χ1v) is 17.7. The Morgan fingerprint density at radius 3 is 2.14 bits per heavy atom. The third-order valence-electron chi connectivity index (χ3n) is 7.90. The molecule has 0 aliphatic heterocycles. The summed E-state index contributed by atoms with van der Waals surface area (Å²) in [5.74, 6) is 4.70. The third-order valence-corrected chi connectivity index (χ3v) is 7.90. The Kier molecular flexibility index (Phi) is 7.85. The van der Waals surface area contributed by atoms with Crippen LogP contribution in [-0.2, 0) is 20.8 Å². The Bertz CT molecular complexity index is 704. The van der Waals surface area contributed by atoms with Crippen molar-refractivity contribution in [2.24, 2.45) is 28.7 Å². The van der Waals surface area contributed by atoms with Crippen LogP contribution in [0.25, 0.3) is 0 Å². The van der Waals surface area contributed by atoms with Gasteiger partial charge in [-0.25, -0.2) is 0 Å². The van der Waals surface area contributed by atoms with E-state index in [2.05, 4.69) is 19.1 Å². The summed E-state index contributed by atoms with van der Waals surface area (Å²) in [6.07, 6.45) is 15.5. The first-order chi connectivity index (χ1) is 14.1. The van der Waals surface area contributed by atoms with Gasteiger partial charge in [-0.1, -0.05) is 25.3 Å². The molecule has 0 heterocycles. The van der Waals surface area contributed by atoms with Crippen LogP contribution in [0.1, 0.15) is 86.8 Å². The number of halogens is 2. The van der Waals surface area contributed by atoms with Crippen molar-refractivity contribution >= 4 is 23.2 Å². The predicted molar refractivity (Wildman–Crippen MR) is 119 cm³/mol. The number of hydrogen-bond acceptors (Lipinski definition) is 2. The summed E-state index contributed by atoms with van der Waals surface area (Å²) in [4.78, 5) is 4.85. The number of benzene rings is 1. The monoisotopic (exact) mass is 511 g/mol. The summed E-state index contributed by atoms with van der Waals surface area (Å²) in [7, 11) is 9.87. The van der Waals surface area contributed by atoms with Crippen LogP contribution < -0.4 is 0 Å². The molecule has 0 saturated heterocycles. The molecule has 5 fully saturated rings. The van der Waals surface area contributed by atoms with E-state index in [9.17, 15) is 5.11 Å². The van der Waals surface area contributed by atoms with Gasteiger partial charge in [0.1, 0.15) is 5.75 Å². The van der Waals surface area contributed by atoms with Gasteiger partial charge in [-0.3, -0.25) is 4.99 Å². The van der Waals surface area contributed by atoms with Gasteiger partial charge in [0, 0.05) is 17.8 Å². The van der Waals surface area contributed by atoms with E-state index in [4.69, 9.17) is 22.0 Å². The number of aliphatic imine (C=N–C) groups is 1. The van der Waals surface area contributed by atoms with Crippen molar-refractivity contribution in [3.8, 4) is 5.75 Å². The van der Waals surface area contributed by atoms with Gasteiger partial charge in [0.15, 0.2) is 0 Å². The van der Waals surface area contributed by atoms with Crippen LogP contribution in [0.4, 0.5) is 0 Å². The van der Waals surface area contributed by atoms with Gasteiger partial charge in [-0.15, -0.1) is 0 Å². The maximum absolute atomic E-state index is 11.1. The zero-order valence-corrected chi connectivity index (χ0v) is 21.4. The quantitative estimate of drug-likeness (QED) is 0.421. The SMILES string of the molecule is Cc1cc(C=NC2CCCCC2)c(O)c(C2C3CC4CC(C3)CC2C4)c1.[Cl][Zr][Cl]. The Labute approximate surface area is 194 Å². The van der Waals surface area contributed by atoms with Crippen molar-refractivity contribution < 1.29 is 26.0 Å². The summed E-state index contributed by atoms with van der Waals surface area (Å²) in [6, 6.07) is 4.87. The Morgan fingerprint density at radius 2 is 1.55 bits per heavy atom. The van der Waals surface area contributed by atoms with Crippen molar-refractivity contribution in [1.82, 2.24) is 0 Å². The average Bonchev–Trinajstić information content (AvgIpc) is 2.70. The van der Waals surface area contributed by atoms with Crippen LogP contribution in [0.5, 0.6) is 5.75 Å². The van der Waals surface area contributed by atoms with Gasteiger partial charge < -0.3 is 5.11 Å². The molecule has 0 radical (unpaired) electrons. The molecule has 4 bridgehead atoms. The summed E-state index contributed by atoms with van der Waals surface area (Å²) in [5, 5.41) is 11.1. The third kappa shape index (κ3) is 5.15. The van der Waals surface area contributed by atoms with E-state index in [1.165, 1.54) is 75.3 Å². The molecule has 1 aromatic carbocycles. The summed E-state index contributed by atoms with van der Waals surface area (Å²) >= 11 is -0.826. The minimum atomic E-state index is -0.826. The normalized spacial score (nSPS) is 33.6. The van der Waals surface area contributed by atoms with Gasteiger partial charge in [0.05, 0.1) is 0 Å². The Balaban J connectivity index is 0.000000645. The van der Waals surface area contributed by atoms with Crippen LogP contribution in [0.15, 0.2) is 17.1 Å². The molecular formula is C24H33Cl2NOZr.